The zero-order chi connectivity index (χ0) is 26.0. The van der Waals surface area contributed by atoms with Gasteiger partial charge in [-0.05, 0) is 51.8 Å². The van der Waals surface area contributed by atoms with Crippen molar-refractivity contribution in [2.24, 2.45) is 0 Å². The Morgan fingerprint density at radius 2 is 1.83 bits per heavy atom. The quantitative estimate of drug-likeness (QED) is 0.539. The molecule has 1 saturated heterocycles. The van der Waals surface area contributed by atoms with Gasteiger partial charge in [0.2, 0.25) is 0 Å². The van der Waals surface area contributed by atoms with Crippen molar-refractivity contribution in [3.8, 4) is 0 Å². The number of anilines is 2. The van der Waals surface area contributed by atoms with Crippen LogP contribution < -0.4 is 9.79 Å². The molecule has 15 heteroatoms. The van der Waals surface area contributed by atoms with E-state index in [1.54, 1.807) is 0 Å². The number of benzene rings is 1. The first-order chi connectivity index (χ1) is 16.2. The van der Waals surface area contributed by atoms with Gasteiger partial charge in [0.25, 0.3) is 10.0 Å². The maximum Gasteiger partial charge on any atom is 0.434 e. The van der Waals surface area contributed by atoms with Crippen molar-refractivity contribution < 1.29 is 40.8 Å². The fourth-order valence-corrected chi connectivity index (χ4v) is 4.98. The van der Waals surface area contributed by atoms with Crippen LogP contribution in [0.25, 0.3) is 0 Å². The van der Waals surface area contributed by atoms with Crippen molar-refractivity contribution in [3.63, 3.8) is 0 Å². The van der Waals surface area contributed by atoms with Gasteiger partial charge >= 0.3 is 18.4 Å². The predicted molar refractivity (Wildman–Crippen MR) is 120 cm³/mol. The summed E-state index contributed by atoms with van der Waals surface area (Å²) in [6.07, 6.45) is -5.71. The van der Waals surface area contributed by atoms with Crippen LogP contribution in [0.4, 0.5) is 34.3 Å². The van der Waals surface area contributed by atoms with E-state index in [9.17, 15) is 31.2 Å². The first kappa shape index (κ1) is 26.5. The summed E-state index contributed by atoms with van der Waals surface area (Å²) in [5.41, 5.74) is 0.0263. The number of likely N-dealkylation sites (tertiary alicyclic amines) is 1. The van der Waals surface area contributed by atoms with Crippen molar-refractivity contribution in [2.75, 3.05) is 22.9 Å². The Morgan fingerprint density at radius 1 is 1.17 bits per heavy atom. The highest BCUT2D eigenvalue weighted by Gasteiger charge is 2.40. The summed E-state index contributed by atoms with van der Waals surface area (Å²) in [5, 5.41) is 1.24. The Kier molecular flexibility index (Phi) is 7.50. The van der Waals surface area contributed by atoms with Crippen molar-refractivity contribution in [3.05, 3.63) is 34.7 Å². The molecule has 0 saturated carbocycles. The van der Waals surface area contributed by atoms with Gasteiger partial charge < -0.3 is 14.5 Å². The van der Waals surface area contributed by atoms with Crippen LogP contribution in [-0.4, -0.2) is 49.2 Å². The number of sulfonamides is 1. The molecule has 1 aromatic carbocycles. The van der Waals surface area contributed by atoms with Gasteiger partial charge in [0.15, 0.2) is 5.82 Å². The average Bonchev–Trinajstić information content (AvgIpc) is 3.44. The van der Waals surface area contributed by atoms with E-state index in [1.807, 2.05) is 5.48 Å². The summed E-state index contributed by atoms with van der Waals surface area (Å²) in [6, 6.07) is 1.98. The van der Waals surface area contributed by atoms with Gasteiger partial charge in [0, 0.05) is 18.5 Å². The first-order valence-electron chi connectivity index (χ1n) is 10.3. The number of nitrogens with one attached hydrogen (secondary N) is 1. The minimum absolute atomic E-state index is 0.199. The van der Waals surface area contributed by atoms with Crippen LogP contribution in [0.1, 0.15) is 39.2 Å². The summed E-state index contributed by atoms with van der Waals surface area (Å²) in [5.74, 6) is -0.334. The fraction of sp³-hybridized carbons (Fsp3) is 0.450. The molecule has 0 radical (unpaired) electrons. The number of carbonyl (C=O) groups is 2. The maximum atomic E-state index is 13.8. The zero-order valence-electron chi connectivity index (χ0n) is 19.0. The van der Waals surface area contributed by atoms with Crippen molar-refractivity contribution in [1.82, 2.24) is 9.88 Å². The lowest BCUT2D eigenvalue weighted by molar-refractivity contribution is -0.137. The van der Waals surface area contributed by atoms with E-state index in [4.69, 9.17) is 9.57 Å². The number of carbonyl (C=O) groups excluding carboxylic acids is 2. The molecular formula is C20H23F3N4O6S2. The summed E-state index contributed by atoms with van der Waals surface area (Å²) in [6.45, 7) is 5.34. The third-order valence-corrected chi connectivity index (χ3v) is 6.87. The van der Waals surface area contributed by atoms with Crippen molar-refractivity contribution in [2.45, 2.75) is 50.3 Å². The number of hydrogen-bond acceptors (Lipinski definition) is 9. The molecule has 1 N–H and O–H groups in total. The highest BCUT2D eigenvalue weighted by molar-refractivity contribution is 7.93. The largest absolute Gasteiger partial charge is 0.443 e. The molecule has 0 aliphatic carbocycles. The second kappa shape index (κ2) is 9.89. The summed E-state index contributed by atoms with van der Waals surface area (Å²) >= 11 is 0.977. The molecule has 10 nitrogen and oxygen atoms in total. The van der Waals surface area contributed by atoms with Gasteiger partial charge in [0.05, 0.1) is 21.7 Å². The van der Waals surface area contributed by atoms with Crippen molar-refractivity contribution in [1.29, 1.82) is 0 Å². The van der Waals surface area contributed by atoms with Crippen LogP contribution in [0.15, 0.2) is 34.0 Å². The first-order valence-corrected chi connectivity index (χ1v) is 12.7. The van der Waals surface area contributed by atoms with Gasteiger partial charge in [-0.2, -0.15) is 13.2 Å². The molecule has 0 unspecified atom stereocenters. The molecule has 1 aliphatic rings. The van der Waals surface area contributed by atoms with E-state index >= 15 is 0 Å². The van der Waals surface area contributed by atoms with Crippen LogP contribution >= 0.6 is 11.3 Å². The highest BCUT2D eigenvalue weighted by atomic mass is 32.2. The molecule has 192 valence electrons. The smallest absolute Gasteiger partial charge is 0.434 e. The Morgan fingerprint density at radius 3 is 2.37 bits per heavy atom. The van der Waals surface area contributed by atoms with Crippen LogP contribution in [0.2, 0.25) is 0 Å². The van der Waals surface area contributed by atoms with Crippen LogP contribution in [-0.2, 0) is 25.8 Å². The van der Waals surface area contributed by atoms with E-state index in [1.165, 1.54) is 36.6 Å². The van der Waals surface area contributed by atoms with Crippen LogP contribution in [0.3, 0.4) is 0 Å². The third kappa shape index (κ3) is 6.33. The number of ether oxygens (including phenoxy) is 1. The minimum atomic E-state index is -5.02. The number of thiazole rings is 1. The van der Waals surface area contributed by atoms with Gasteiger partial charge in [-0.25, -0.2) is 28.5 Å². The maximum absolute atomic E-state index is 13.8. The molecule has 1 aliphatic heterocycles. The molecule has 0 bridgehead atoms. The standard InChI is InChI=1S/C20H23F3N4O6S2/c1-19(2,3)32-18(29)27(16-11-34-12-24-16)35(30,31)13-6-7-15(14(10-13)20(21,22)23)25-33-17(28)26-8-4-5-9-26/h6-7,10-12,25H,4-5,8-9H2,1-3H3. The Labute approximate surface area is 203 Å². The second-order valence-corrected chi connectivity index (χ2v) is 11.0. The zero-order valence-corrected chi connectivity index (χ0v) is 20.6. The Hall–Kier alpha value is -3.07. The minimum Gasteiger partial charge on any atom is -0.443 e. The number of nitrogens with zero attached hydrogens (tertiary/aromatic N) is 3. The van der Waals surface area contributed by atoms with E-state index in [0.29, 0.717) is 19.2 Å². The lowest BCUT2D eigenvalue weighted by Crippen LogP contribution is -2.41. The predicted octanol–water partition coefficient (Wildman–Crippen LogP) is 4.85. The molecule has 2 heterocycles. The average molecular weight is 537 g/mol. The normalized spacial score (nSPS) is 14.5. The third-order valence-electron chi connectivity index (χ3n) is 4.63. The highest BCUT2D eigenvalue weighted by Crippen LogP contribution is 2.37. The molecule has 0 spiro atoms. The van der Waals surface area contributed by atoms with Gasteiger partial charge in [-0.15, -0.1) is 15.6 Å². The lowest BCUT2D eigenvalue weighted by atomic mass is 10.2. The van der Waals surface area contributed by atoms with Gasteiger partial charge in [-0.1, -0.05) is 0 Å². The Bertz CT molecular complexity index is 1170. The fourth-order valence-electron chi connectivity index (χ4n) is 3.10. The van der Waals surface area contributed by atoms with Crippen LogP contribution in [0.5, 0.6) is 0 Å². The Balaban J connectivity index is 1.97. The van der Waals surface area contributed by atoms with E-state index < -0.39 is 50.1 Å². The molecule has 0 atom stereocenters. The van der Waals surface area contributed by atoms with Gasteiger partial charge in [0.1, 0.15) is 5.60 Å². The summed E-state index contributed by atoms with van der Waals surface area (Å²) in [4.78, 5) is 33.8. The molecular weight excluding hydrogens is 513 g/mol. The molecule has 2 amide bonds. The number of rotatable bonds is 5. The monoisotopic (exact) mass is 536 g/mol. The molecule has 2 aromatic rings. The number of amides is 2. The number of alkyl halides is 3. The molecule has 3 rings (SSSR count). The van der Waals surface area contributed by atoms with Gasteiger partial charge in [-0.3, -0.25) is 0 Å². The molecule has 1 aromatic heterocycles. The molecule has 1 fully saturated rings. The van der Waals surface area contributed by atoms with E-state index in [2.05, 4.69) is 4.98 Å². The number of hydrogen-bond donors (Lipinski definition) is 1. The number of halogens is 3. The topological polar surface area (TPSA) is 118 Å². The van der Waals surface area contributed by atoms with E-state index in [-0.39, 0.29) is 10.1 Å². The lowest BCUT2D eigenvalue weighted by Gasteiger charge is -2.26. The number of aromatic nitrogens is 1. The van der Waals surface area contributed by atoms with Crippen molar-refractivity contribution >= 4 is 45.1 Å². The SMILES string of the molecule is CC(C)(C)OC(=O)N(c1cscn1)S(=O)(=O)c1ccc(NOC(=O)N2CCCC2)c(C(F)(F)F)c1. The summed E-state index contributed by atoms with van der Waals surface area (Å²) < 4.78 is 73.3. The molecule has 35 heavy (non-hydrogen) atoms. The summed E-state index contributed by atoms with van der Waals surface area (Å²) in [7, 11) is -4.88. The van der Waals surface area contributed by atoms with E-state index in [0.717, 1.165) is 36.3 Å². The second-order valence-electron chi connectivity index (χ2n) is 8.47. The van der Waals surface area contributed by atoms with Crippen LogP contribution in [0, 0.1) is 0 Å².